The maximum absolute atomic E-state index is 12.4. The van der Waals surface area contributed by atoms with Gasteiger partial charge in [-0.1, -0.05) is 13.8 Å². The van der Waals surface area contributed by atoms with Gasteiger partial charge in [0.15, 0.2) is 0 Å². The van der Waals surface area contributed by atoms with Crippen LogP contribution in [-0.4, -0.2) is 36.5 Å². The first kappa shape index (κ1) is 14.5. The fraction of sp³-hybridized carbons (Fsp3) is 0.929. The highest BCUT2D eigenvalue weighted by Crippen LogP contribution is 2.20. The number of hydrogen-bond acceptors (Lipinski definition) is 2. The number of rotatable bonds is 4. The second kappa shape index (κ2) is 6.39. The molecule has 1 aliphatic rings. The average Bonchev–Trinajstić information content (AvgIpc) is 2.26. The molecule has 1 heterocycles. The molecule has 3 heteroatoms. The lowest BCUT2D eigenvalue weighted by Crippen LogP contribution is -2.45. The molecule has 0 aliphatic carbocycles. The molecule has 1 aliphatic heterocycles. The SMILES string of the molecule is CC(C)CC(C)N(C)C(=O)C1CCNC(C)C1. The van der Waals surface area contributed by atoms with E-state index in [1.165, 1.54) is 0 Å². The third-order valence-corrected chi connectivity index (χ3v) is 3.79. The quantitative estimate of drug-likeness (QED) is 0.817. The second-order valence-corrected chi connectivity index (χ2v) is 6.00. The molecule has 0 aromatic carbocycles. The minimum absolute atomic E-state index is 0.228. The number of piperidine rings is 1. The lowest BCUT2D eigenvalue weighted by molar-refractivity contribution is -0.137. The standard InChI is InChI=1S/C14H28N2O/c1-10(2)8-12(4)16(5)14(17)13-6-7-15-11(3)9-13/h10-13,15H,6-9H2,1-5H3. The Hall–Kier alpha value is -0.570. The Morgan fingerprint density at radius 3 is 2.59 bits per heavy atom. The van der Waals surface area contributed by atoms with Crippen molar-refractivity contribution in [2.45, 2.75) is 59.0 Å². The Morgan fingerprint density at radius 1 is 1.41 bits per heavy atom. The highest BCUT2D eigenvalue weighted by Gasteiger charge is 2.28. The minimum Gasteiger partial charge on any atom is -0.343 e. The maximum atomic E-state index is 12.4. The van der Waals surface area contributed by atoms with Crippen molar-refractivity contribution >= 4 is 5.91 Å². The van der Waals surface area contributed by atoms with Gasteiger partial charge in [0.1, 0.15) is 0 Å². The van der Waals surface area contributed by atoms with Crippen LogP contribution in [0.4, 0.5) is 0 Å². The zero-order chi connectivity index (χ0) is 13.0. The lowest BCUT2D eigenvalue weighted by atomic mass is 9.91. The third kappa shape index (κ3) is 4.30. The van der Waals surface area contributed by atoms with Gasteiger partial charge < -0.3 is 10.2 Å². The Morgan fingerprint density at radius 2 is 2.06 bits per heavy atom. The predicted octanol–water partition coefficient (Wildman–Crippen LogP) is 2.27. The highest BCUT2D eigenvalue weighted by atomic mass is 16.2. The Labute approximate surface area is 106 Å². The summed E-state index contributed by atoms with van der Waals surface area (Å²) in [6.45, 7) is 9.71. The van der Waals surface area contributed by atoms with Crippen LogP contribution in [0.1, 0.15) is 47.0 Å². The molecule has 1 N–H and O–H groups in total. The van der Waals surface area contributed by atoms with Crippen LogP contribution < -0.4 is 5.32 Å². The maximum Gasteiger partial charge on any atom is 0.225 e. The first-order valence-corrected chi connectivity index (χ1v) is 6.91. The van der Waals surface area contributed by atoms with Gasteiger partial charge in [0.2, 0.25) is 5.91 Å². The lowest BCUT2D eigenvalue weighted by Gasteiger charge is -2.33. The van der Waals surface area contributed by atoms with Crippen LogP contribution in [0.2, 0.25) is 0 Å². The largest absolute Gasteiger partial charge is 0.343 e. The molecule has 3 nitrogen and oxygen atoms in total. The molecule has 100 valence electrons. The summed E-state index contributed by atoms with van der Waals surface area (Å²) in [5, 5.41) is 3.40. The van der Waals surface area contributed by atoms with Crippen LogP contribution in [0.15, 0.2) is 0 Å². The number of carbonyl (C=O) groups is 1. The molecule has 3 atom stereocenters. The van der Waals surface area contributed by atoms with E-state index in [1.54, 1.807) is 0 Å². The summed E-state index contributed by atoms with van der Waals surface area (Å²) >= 11 is 0. The highest BCUT2D eigenvalue weighted by molar-refractivity contribution is 5.79. The predicted molar refractivity (Wildman–Crippen MR) is 71.9 cm³/mol. The topological polar surface area (TPSA) is 32.3 Å². The number of carbonyl (C=O) groups excluding carboxylic acids is 1. The fourth-order valence-electron chi connectivity index (χ4n) is 2.70. The van der Waals surface area contributed by atoms with E-state index in [0.29, 0.717) is 23.9 Å². The molecule has 0 bridgehead atoms. The van der Waals surface area contributed by atoms with Crippen molar-refractivity contribution in [1.29, 1.82) is 0 Å². The normalized spacial score (nSPS) is 26.9. The van der Waals surface area contributed by atoms with Gasteiger partial charge in [0.25, 0.3) is 0 Å². The molecule has 1 rings (SSSR count). The van der Waals surface area contributed by atoms with E-state index in [2.05, 4.69) is 33.0 Å². The van der Waals surface area contributed by atoms with E-state index >= 15 is 0 Å². The van der Waals surface area contributed by atoms with E-state index in [-0.39, 0.29) is 5.92 Å². The molecule has 1 fully saturated rings. The second-order valence-electron chi connectivity index (χ2n) is 6.00. The van der Waals surface area contributed by atoms with E-state index in [1.807, 2.05) is 11.9 Å². The zero-order valence-corrected chi connectivity index (χ0v) is 12.0. The summed E-state index contributed by atoms with van der Waals surface area (Å²) < 4.78 is 0. The van der Waals surface area contributed by atoms with Crippen molar-refractivity contribution < 1.29 is 4.79 Å². The first-order valence-electron chi connectivity index (χ1n) is 6.91. The van der Waals surface area contributed by atoms with Gasteiger partial charge in [-0.3, -0.25) is 4.79 Å². The van der Waals surface area contributed by atoms with Gasteiger partial charge in [-0.25, -0.2) is 0 Å². The van der Waals surface area contributed by atoms with Crippen molar-refractivity contribution in [2.24, 2.45) is 11.8 Å². The molecular weight excluding hydrogens is 212 g/mol. The Balaban J connectivity index is 2.50. The molecule has 3 unspecified atom stereocenters. The minimum atomic E-state index is 0.228. The van der Waals surface area contributed by atoms with Crippen LogP contribution in [0.25, 0.3) is 0 Å². The molecule has 0 radical (unpaired) electrons. The van der Waals surface area contributed by atoms with Crippen LogP contribution >= 0.6 is 0 Å². The number of amides is 1. The summed E-state index contributed by atoms with van der Waals surface area (Å²) in [6.07, 6.45) is 3.06. The van der Waals surface area contributed by atoms with Crippen molar-refractivity contribution in [3.8, 4) is 0 Å². The van der Waals surface area contributed by atoms with Crippen LogP contribution in [0.3, 0.4) is 0 Å². The van der Waals surface area contributed by atoms with Gasteiger partial charge in [0.05, 0.1) is 0 Å². The molecule has 0 spiro atoms. The van der Waals surface area contributed by atoms with E-state index < -0.39 is 0 Å². The van der Waals surface area contributed by atoms with Gasteiger partial charge in [-0.05, 0) is 45.6 Å². The van der Waals surface area contributed by atoms with Crippen LogP contribution in [0, 0.1) is 11.8 Å². The van der Waals surface area contributed by atoms with E-state index in [4.69, 9.17) is 0 Å². The van der Waals surface area contributed by atoms with Gasteiger partial charge >= 0.3 is 0 Å². The van der Waals surface area contributed by atoms with E-state index in [9.17, 15) is 4.79 Å². The zero-order valence-electron chi connectivity index (χ0n) is 12.0. The van der Waals surface area contributed by atoms with E-state index in [0.717, 1.165) is 25.8 Å². The first-order chi connectivity index (χ1) is 7.91. The smallest absolute Gasteiger partial charge is 0.225 e. The number of nitrogens with one attached hydrogen (secondary N) is 1. The molecule has 17 heavy (non-hydrogen) atoms. The molecular formula is C14H28N2O. The molecule has 1 saturated heterocycles. The number of nitrogens with zero attached hydrogens (tertiary/aromatic N) is 1. The molecule has 1 amide bonds. The Bertz CT molecular complexity index is 253. The molecule has 0 saturated carbocycles. The van der Waals surface area contributed by atoms with Gasteiger partial charge in [-0.2, -0.15) is 0 Å². The van der Waals surface area contributed by atoms with Crippen molar-refractivity contribution in [3.63, 3.8) is 0 Å². The summed E-state index contributed by atoms with van der Waals surface area (Å²) in [6, 6.07) is 0.833. The summed E-state index contributed by atoms with van der Waals surface area (Å²) in [5.41, 5.74) is 0. The summed E-state index contributed by atoms with van der Waals surface area (Å²) in [5.74, 6) is 1.21. The van der Waals surface area contributed by atoms with Crippen molar-refractivity contribution in [3.05, 3.63) is 0 Å². The third-order valence-electron chi connectivity index (χ3n) is 3.79. The van der Waals surface area contributed by atoms with Crippen LogP contribution in [0.5, 0.6) is 0 Å². The molecule has 0 aromatic rings. The van der Waals surface area contributed by atoms with Crippen molar-refractivity contribution in [2.75, 3.05) is 13.6 Å². The fourth-order valence-corrected chi connectivity index (χ4v) is 2.70. The summed E-state index contributed by atoms with van der Waals surface area (Å²) in [4.78, 5) is 14.3. The van der Waals surface area contributed by atoms with Gasteiger partial charge in [-0.15, -0.1) is 0 Å². The molecule has 0 aromatic heterocycles. The van der Waals surface area contributed by atoms with Crippen LogP contribution in [-0.2, 0) is 4.79 Å². The monoisotopic (exact) mass is 240 g/mol. The Kier molecular flexibility index (Phi) is 5.44. The van der Waals surface area contributed by atoms with Gasteiger partial charge in [0, 0.05) is 25.0 Å². The average molecular weight is 240 g/mol. The van der Waals surface area contributed by atoms with Crippen molar-refractivity contribution in [1.82, 2.24) is 10.2 Å². The number of hydrogen-bond donors (Lipinski definition) is 1. The summed E-state index contributed by atoms with van der Waals surface area (Å²) in [7, 11) is 1.96.